The summed E-state index contributed by atoms with van der Waals surface area (Å²) in [6.45, 7) is 2.95. The topological polar surface area (TPSA) is 92.5 Å². The molecule has 1 aromatic heterocycles. The van der Waals surface area contributed by atoms with Gasteiger partial charge in [-0.15, -0.1) is 0 Å². The number of halogens is 3. The number of carbonyl (C=O) groups excluding carboxylic acids is 1. The van der Waals surface area contributed by atoms with E-state index in [2.05, 4.69) is 5.16 Å². The van der Waals surface area contributed by atoms with Gasteiger partial charge in [-0.05, 0) is 32.0 Å². The van der Waals surface area contributed by atoms with Crippen molar-refractivity contribution in [1.29, 1.82) is 0 Å². The van der Waals surface area contributed by atoms with Crippen molar-refractivity contribution in [3.63, 3.8) is 0 Å². The highest BCUT2D eigenvalue weighted by atomic mass is 32.2. The molecule has 27 heavy (non-hydrogen) atoms. The van der Waals surface area contributed by atoms with E-state index >= 15 is 0 Å². The Kier molecular flexibility index (Phi) is 5.95. The summed E-state index contributed by atoms with van der Waals surface area (Å²) in [6, 6.07) is 3.29. The molecule has 0 aliphatic heterocycles. The number of sulfonamides is 1. The van der Waals surface area contributed by atoms with Crippen molar-refractivity contribution in [3.05, 3.63) is 46.8 Å². The Balaban J connectivity index is 2.05. The molecule has 0 aliphatic rings. The highest BCUT2D eigenvalue weighted by molar-refractivity contribution is 7.89. The first-order valence-electron chi connectivity index (χ1n) is 7.74. The van der Waals surface area contributed by atoms with Gasteiger partial charge in [-0.2, -0.15) is 13.2 Å². The van der Waals surface area contributed by atoms with Gasteiger partial charge in [0.2, 0.25) is 15.9 Å². The lowest BCUT2D eigenvalue weighted by atomic mass is 10.2. The molecule has 0 fully saturated rings. The van der Waals surface area contributed by atoms with Crippen LogP contribution in [0.25, 0.3) is 0 Å². The lowest BCUT2D eigenvalue weighted by molar-refractivity contribution is -0.137. The number of benzene rings is 1. The Morgan fingerprint density at radius 2 is 1.96 bits per heavy atom. The molecule has 1 heterocycles. The van der Waals surface area contributed by atoms with Crippen LogP contribution in [-0.4, -0.2) is 38.0 Å². The molecule has 0 radical (unpaired) electrons. The van der Waals surface area contributed by atoms with Crippen LogP contribution in [-0.2, 0) is 27.5 Å². The van der Waals surface area contributed by atoms with Gasteiger partial charge in [0.25, 0.3) is 0 Å². The fraction of sp³-hybridized carbons (Fsp3) is 0.375. The number of rotatable bonds is 6. The van der Waals surface area contributed by atoms with Crippen LogP contribution in [0.4, 0.5) is 13.2 Å². The van der Waals surface area contributed by atoms with Crippen LogP contribution in [0.5, 0.6) is 0 Å². The van der Waals surface area contributed by atoms with Crippen molar-refractivity contribution in [2.75, 3.05) is 13.6 Å². The Morgan fingerprint density at radius 1 is 1.30 bits per heavy atom. The van der Waals surface area contributed by atoms with Crippen molar-refractivity contribution in [2.45, 2.75) is 31.5 Å². The standard InChI is InChI=1S/C16H18F3N3O4S/c1-10-14(11(2)26-21-10)9-22(3)15(23)8-20-27(24,25)13-6-4-5-12(7-13)16(17,18)19/h4-7,20H,8-9H2,1-3H3. The van der Waals surface area contributed by atoms with Gasteiger partial charge < -0.3 is 9.42 Å². The van der Waals surface area contributed by atoms with Gasteiger partial charge in [-0.3, -0.25) is 4.79 Å². The molecule has 1 amide bonds. The second-order valence-electron chi connectivity index (χ2n) is 5.90. The summed E-state index contributed by atoms with van der Waals surface area (Å²) < 4.78 is 69.6. The summed E-state index contributed by atoms with van der Waals surface area (Å²) in [6.07, 6.45) is -4.67. The highest BCUT2D eigenvalue weighted by Crippen LogP contribution is 2.30. The van der Waals surface area contributed by atoms with Crippen molar-refractivity contribution in [2.24, 2.45) is 0 Å². The normalized spacial score (nSPS) is 12.2. The number of alkyl halides is 3. The summed E-state index contributed by atoms with van der Waals surface area (Å²) in [4.78, 5) is 12.9. The first kappa shape index (κ1) is 20.9. The molecule has 0 bridgehead atoms. The van der Waals surface area contributed by atoms with Gasteiger partial charge in [0.1, 0.15) is 5.76 Å². The number of nitrogens with zero attached hydrogens (tertiary/aromatic N) is 2. The van der Waals surface area contributed by atoms with Gasteiger partial charge >= 0.3 is 6.18 Å². The largest absolute Gasteiger partial charge is 0.416 e. The second-order valence-corrected chi connectivity index (χ2v) is 7.67. The molecule has 0 spiro atoms. The number of hydrogen-bond donors (Lipinski definition) is 1. The Labute approximate surface area is 154 Å². The van der Waals surface area contributed by atoms with Gasteiger partial charge in [0.05, 0.1) is 29.2 Å². The summed E-state index contributed by atoms with van der Waals surface area (Å²) in [5.41, 5.74) is 0.218. The monoisotopic (exact) mass is 405 g/mol. The smallest absolute Gasteiger partial charge is 0.361 e. The van der Waals surface area contributed by atoms with E-state index in [1.54, 1.807) is 13.8 Å². The zero-order valence-corrected chi connectivity index (χ0v) is 15.6. The van der Waals surface area contributed by atoms with Crippen LogP contribution in [0.1, 0.15) is 22.6 Å². The molecule has 0 unspecified atom stereocenters. The van der Waals surface area contributed by atoms with Gasteiger partial charge in [0, 0.05) is 12.6 Å². The van der Waals surface area contributed by atoms with E-state index in [0.29, 0.717) is 23.1 Å². The van der Waals surface area contributed by atoms with Crippen LogP contribution in [0.2, 0.25) is 0 Å². The molecule has 1 aromatic carbocycles. The number of amides is 1. The molecule has 2 aromatic rings. The Bertz CT molecular complexity index is 919. The molecule has 7 nitrogen and oxygen atoms in total. The predicted molar refractivity (Wildman–Crippen MR) is 89.1 cm³/mol. The molecule has 0 saturated heterocycles. The maximum atomic E-state index is 12.7. The summed E-state index contributed by atoms with van der Waals surface area (Å²) in [5.74, 6) is -0.0257. The van der Waals surface area contributed by atoms with E-state index in [-0.39, 0.29) is 6.54 Å². The number of nitrogens with one attached hydrogen (secondary N) is 1. The summed E-state index contributed by atoms with van der Waals surface area (Å²) in [5, 5.41) is 3.77. The number of aromatic nitrogens is 1. The van der Waals surface area contributed by atoms with Gasteiger partial charge in [0.15, 0.2) is 0 Å². The third kappa shape index (κ3) is 5.07. The van der Waals surface area contributed by atoms with Gasteiger partial charge in [-0.25, -0.2) is 13.1 Å². The minimum Gasteiger partial charge on any atom is -0.361 e. The van der Waals surface area contributed by atoms with Crippen molar-refractivity contribution in [3.8, 4) is 0 Å². The molecule has 1 N–H and O–H groups in total. The maximum absolute atomic E-state index is 12.7. The van der Waals surface area contributed by atoms with E-state index < -0.39 is 39.1 Å². The van der Waals surface area contributed by atoms with E-state index in [0.717, 1.165) is 18.2 Å². The van der Waals surface area contributed by atoms with E-state index in [9.17, 15) is 26.4 Å². The predicted octanol–water partition coefficient (Wildman–Crippen LogP) is 2.25. The van der Waals surface area contributed by atoms with Crippen LogP contribution in [0.15, 0.2) is 33.7 Å². The zero-order valence-electron chi connectivity index (χ0n) is 14.8. The number of hydrogen-bond acceptors (Lipinski definition) is 5. The molecule has 148 valence electrons. The number of aryl methyl sites for hydroxylation is 2. The van der Waals surface area contributed by atoms with Crippen molar-refractivity contribution in [1.82, 2.24) is 14.8 Å². The average molecular weight is 405 g/mol. The first-order chi connectivity index (χ1) is 12.4. The second kappa shape index (κ2) is 7.69. The van der Waals surface area contributed by atoms with Crippen LogP contribution in [0, 0.1) is 13.8 Å². The molecule has 11 heteroatoms. The van der Waals surface area contributed by atoms with E-state index in [1.165, 1.54) is 11.9 Å². The highest BCUT2D eigenvalue weighted by Gasteiger charge is 2.31. The zero-order chi connectivity index (χ0) is 20.4. The fourth-order valence-electron chi connectivity index (χ4n) is 2.27. The van der Waals surface area contributed by atoms with Crippen LogP contribution >= 0.6 is 0 Å². The summed E-state index contributed by atoms with van der Waals surface area (Å²) in [7, 11) is -2.81. The summed E-state index contributed by atoms with van der Waals surface area (Å²) >= 11 is 0. The molecule has 0 atom stereocenters. The first-order valence-corrected chi connectivity index (χ1v) is 9.23. The fourth-order valence-corrected chi connectivity index (χ4v) is 3.29. The van der Waals surface area contributed by atoms with Crippen LogP contribution < -0.4 is 4.72 Å². The third-order valence-electron chi connectivity index (χ3n) is 3.89. The minimum atomic E-state index is -4.67. The average Bonchev–Trinajstić information content (AvgIpc) is 2.91. The molecule has 0 aliphatic carbocycles. The van der Waals surface area contributed by atoms with Gasteiger partial charge in [-0.1, -0.05) is 11.2 Å². The maximum Gasteiger partial charge on any atom is 0.416 e. The number of likely N-dealkylation sites (N-methyl/N-ethyl adjacent to an activating group) is 1. The molecule has 2 rings (SSSR count). The third-order valence-corrected chi connectivity index (χ3v) is 5.29. The lowest BCUT2D eigenvalue weighted by Gasteiger charge is -2.17. The molecule has 0 saturated carbocycles. The van der Waals surface area contributed by atoms with Crippen molar-refractivity contribution >= 4 is 15.9 Å². The van der Waals surface area contributed by atoms with Crippen molar-refractivity contribution < 1.29 is 30.9 Å². The number of carbonyl (C=O) groups is 1. The molecular weight excluding hydrogens is 387 g/mol. The molecular formula is C16H18F3N3O4S. The Hall–Kier alpha value is -2.40. The van der Waals surface area contributed by atoms with E-state index in [4.69, 9.17) is 4.52 Å². The quantitative estimate of drug-likeness (QED) is 0.796. The minimum absolute atomic E-state index is 0.158. The Morgan fingerprint density at radius 3 is 2.52 bits per heavy atom. The van der Waals surface area contributed by atoms with Crippen LogP contribution in [0.3, 0.4) is 0 Å². The SMILES string of the molecule is Cc1noc(C)c1CN(C)C(=O)CNS(=O)(=O)c1cccc(C(F)(F)F)c1. The van der Waals surface area contributed by atoms with E-state index in [1.807, 2.05) is 4.72 Å². The lowest BCUT2D eigenvalue weighted by Crippen LogP contribution is -2.38.